The van der Waals surface area contributed by atoms with Gasteiger partial charge in [-0.3, -0.25) is 9.69 Å². The van der Waals surface area contributed by atoms with Crippen LogP contribution < -0.4 is 33.8 Å². The van der Waals surface area contributed by atoms with Crippen molar-refractivity contribution in [2.45, 2.75) is 30.9 Å². The average Bonchev–Trinajstić information content (AvgIpc) is 3.11. The molecule has 0 saturated carbocycles. The summed E-state index contributed by atoms with van der Waals surface area (Å²) in [4.78, 5) is 16.4. The van der Waals surface area contributed by atoms with Crippen LogP contribution in [0.25, 0.3) is 22.3 Å². The number of sulfonamides is 1. The number of piperazine rings is 1. The fourth-order valence-corrected chi connectivity index (χ4v) is 7.14. The molecule has 12 nitrogen and oxygen atoms in total. The van der Waals surface area contributed by atoms with Crippen molar-refractivity contribution in [3.63, 3.8) is 0 Å². The quantitative estimate of drug-likeness (QED) is 0.185. The summed E-state index contributed by atoms with van der Waals surface area (Å²) in [6.45, 7) is 2.98. The minimum atomic E-state index is -3.83. The molecule has 0 amide bonds. The smallest absolute Gasteiger partial charge is 0.243 e. The number of methoxy groups -OCH3 is 5. The Hall–Kier alpha value is -4.53. The van der Waals surface area contributed by atoms with Gasteiger partial charge in [-0.25, -0.2) is 12.8 Å². The van der Waals surface area contributed by atoms with E-state index in [-0.39, 0.29) is 46.2 Å². The van der Waals surface area contributed by atoms with E-state index in [0.29, 0.717) is 54.5 Å². The third-order valence-electron chi connectivity index (χ3n) is 8.20. The molecule has 1 aromatic heterocycles. The summed E-state index contributed by atoms with van der Waals surface area (Å²) in [5.41, 5.74) is 0.155. The molecule has 14 heteroatoms. The minimum Gasteiger partial charge on any atom is -0.496 e. The van der Waals surface area contributed by atoms with Crippen molar-refractivity contribution in [1.29, 1.82) is 0 Å². The monoisotopic (exact) mass is 686 g/mol. The van der Waals surface area contributed by atoms with Crippen LogP contribution in [0.3, 0.4) is 0 Å². The van der Waals surface area contributed by atoms with Crippen molar-refractivity contribution in [1.82, 2.24) is 9.21 Å². The first-order chi connectivity index (χ1) is 23.1. The lowest BCUT2D eigenvalue weighted by Gasteiger charge is -2.38. The average molecular weight is 687 g/mol. The molecule has 48 heavy (non-hydrogen) atoms. The Morgan fingerprint density at radius 2 is 1.44 bits per heavy atom. The summed E-state index contributed by atoms with van der Waals surface area (Å²) in [5.74, 6) is 1.23. The zero-order valence-electron chi connectivity index (χ0n) is 27.7. The predicted molar refractivity (Wildman–Crippen MR) is 177 cm³/mol. The van der Waals surface area contributed by atoms with E-state index in [1.54, 1.807) is 24.3 Å². The molecule has 3 aromatic carbocycles. The highest BCUT2D eigenvalue weighted by Gasteiger charge is 2.33. The second-order valence-corrected chi connectivity index (χ2v) is 12.9. The van der Waals surface area contributed by atoms with E-state index in [1.165, 1.54) is 52.0 Å². The van der Waals surface area contributed by atoms with Crippen LogP contribution in [-0.4, -0.2) is 85.6 Å². The zero-order chi connectivity index (χ0) is 34.6. The summed E-state index contributed by atoms with van der Waals surface area (Å²) in [5, 5.41) is 0.162. The predicted octanol–water partition coefficient (Wildman–Crippen LogP) is 5.15. The van der Waals surface area contributed by atoms with Crippen molar-refractivity contribution in [2.75, 3.05) is 61.7 Å². The van der Waals surface area contributed by atoms with Gasteiger partial charge in [0.25, 0.3) is 0 Å². The summed E-state index contributed by atoms with van der Waals surface area (Å²) in [6, 6.07) is 11.3. The highest BCUT2D eigenvalue weighted by Crippen LogP contribution is 2.44. The maximum atomic E-state index is 14.4. The molecular weight excluding hydrogens is 647 g/mol. The van der Waals surface area contributed by atoms with Crippen LogP contribution in [0.15, 0.2) is 62.6 Å². The van der Waals surface area contributed by atoms with Crippen LogP contribution in [0.2, 0.25) is 0 Å². The van der Waals surface area contributed by atoms with E-state index in [4.69, 9.17) is 32.8 Å². The van der Waals surface area contributed by atoms with E-state index >= 15 is 0 Å². The fraction of sp³-hybridized carbons (Fsp3) is 0.382. The second kappa shape index (κ2) is 14.7. The third kappa shape index (κ3) is 6.73. The SMILES string of the molecule is CCCC(Oc1c(-c2cc(OC)c(OC)c(OC)c2)oc2cc(OC)cc(OC)c2c1=O)N1CCN(S(=O)(=O)c2ccc(F)cc2)CC1. The molecule has 0 radical (unpaired) electrons. The molecule has 1 atom stereocenters. The van der Waals surface area contributed by atoms with E-state index < -0.39 is 27.5 Å². The van der Waals surface area contributed by atoms with Crippen molar-refractivity contribution in [3.8, 4) is 45.8 Å². The highest BCUT2D eigenvalue weighted by atomic mass is 32.2. The lowest BCUT2D eigenvalue weighted by Crippen LogP contribution is -2.53. The number of ether oxygens (including phenoxy) is 6. The standard InChI is InChI=1S/C34H39FN2O10S/c1-7-8-29(36-13-15-37(16-14-36)48(39,40)24-11-9-22(35)10-12-24)47-34-31(38)30-25(42-3)19-23(41-2)20-26(30)46-32(34)21-17-27(43-4)33(45-6)28(18-21)44-5/h9-12,17-20,29H,7-8,13-16H2,1-6H3. The normalized spacial score (nSPS) is 14.8. The third-order valence-corrected chi connectivity index (χ3v) is 10.1. The van der Waals surface area contributed by atoms with Gasteiger partial charge in [0.15, 0.2) is 23.5 Å². The molecule has 1 fully saturated rings. The number of hydrogen-bond acceptors (Lipinski definition) is 11. The number of hydrogen-bond donors (Lipinski definition) is 0. The van der Waals surface area contributed by atoms with Crippen molar-refractivity contribution >= 4 is 21.0 Å². The van der Waals surface area contributed by atoms with E-state index in [0.717, 1.165) is 12.1 Å². The number of fused-ring (bicyclic) bond motifs is 1. The fourth-order valence-electron chi connectivity index (χ4n) is 5.72. The Balaban J connectivity index is 1.58. The Labute approximate surface area is 278 Å². The maximum Gasteiger partial charge on any atom is 0.243 e. The molecule has 4 aromatic rings. The lowest BCUT2D eigenvalue weighted by molar-refractivity contribution is -0.00175. The van der Waals surface area contributed by atoms with Gasteiger partial charge in [0.1, 0.15) is 28.3 Å². The first-order valence-corrected chi connectivity index (χ1v) is 16.7. The van der Waals surface area contributed by atoms with Gasteiger partial charge in [0.2, 0.25) is 27.0 Å². The Morgan fingerprint density at radius 3 is 1.98 bits per heavy atom. The summed E-state index contributed by atoms with van der Waals surface area (Å²) in [6.07, 6.45) is 0.616. The lowest BCUT2D eigenvalue weighted by atomic mass is 10.1. The van der Waals surface area contributed by atoms with Gasteiger partial charge in [-0.1, -0.05) is 13.3 Å². The zero-order valence-corrected chi connectivity index (χ0v) is 28.5. The van der Waals surface area contributed by atoms with E-state index in [2.05, 4.69) is 0 Å². The molecule has 1 aliphatic rings. The van der Waals surface area contributed by atoms with Gasteiger partial charge in [-0.15, -0.1) is 0 Å². The molecule has 5 rings (SSSR count). The van der Waals surface area contributed by atoms with Gasteiger partial charge in [0, 0.05) is 43.9 Å². The highest BCUT2D eigenvalue weighted by molar-refractivity contribution is 7.89. The van der Waals surface area contributed by atoms with Crippen LogP contribution in [0, 0.1) is 5.82 Å². The van der Waals surface area contributed by atoms with E-state index in [9.17, 15) is 17.6 Å². The first-order valence-electron chi connectivity index (χ1n) is 15.3. The Kier molecular flexibility index (Phi) is 10.7. The van der Waals surface area contributed by atoms with Crippen LogP contribution in [-0.2, 0) is 10.0 Å². The van der Waals surface area contributed by atoms with Crippen molar-refractivity contribution in [2.24, 2.45) is 0 Å². The molecule has 0 N–H and O–H groups in total. The molecule has 0 aliphatic carbocycles. The van der Waals surface area contributed by atoms with Gasteiger partial charge >= 0.3 is 0 Å². The minimum absolute atomic E-state index is 0.0213. The van der Waals surface area contributed by atoms with Crippen molar-refractivity contribution in [3.05, 3.63) is 64.6 Å². The topological polar surface area (TPSA) is 126 Å². The van der Waals surface area contributed by atoms with Crippen LogP contribution in [0.4, 0.5) is 4.39 Å². The van der Waals surface area contributed by atoms with Crippen LogP contribution in [0.1, 0.15) is 19.8 Å². The van der Waals surface area contributed by atoms with Gasteiger partial charge in [0.05, 0.1) is 40.4 Å². The van der Waals surface area contributed by atoms with Crippen LogP contribution >= 0.6 is 0 Å². The van der Waals surface area contributed by atoms with Crippen LogP contribution in [0.5, 0.6) is 34.5 Å². The molecule has 258 valence electrons. The van der Waals surface area contributed by atoms with Gasteiger partial charge < -0.3 is 32.8 Å². The molecule has 0 spiro atoms. The van der Waals surface area contributed by atoms with Gasteiger partial charge in [-0.2, -0.15) is 4.31 Å². The number of nitrogens with zero attached hydrogens (tertiary/aromatic N) is 2. The summed E-state index contributed by atoms with van der Waals surface area (Å²) < 4.78 is 82.0. The number of benzene rings is 3. The molecule has 1 unspecified atom stereocenters. The molecule has 1 aliphatic heterocycles. The van der Waals surface area contributed by atoms with Crippen molar-refractivity contribution < 1.29 is 45.6 Å². The molecule has 0 bridgehead atoms. The second-order valence-electron chi connectivity index (χ2n) is 11.0. The Morgan fingerprint density at radius 1 is 0.812 bits per heavy atom. The molecule has 2 heterocycles. The Bertz CT molecular complexity index is 1900. The largest absolute Gasteiger partial charge is 0.496 e. The summed E-state index contributed by atoms with van der Waals surface area (Å²) in [7, 11) is 3.57. The van der Waals surface area contributed by atoms with E-state index in [1.807, 2.05) is 11.8 Å². The summed E-state index contributed by atoms with van der Waals surface area (Å²) >= 11 is 0. The first kappa shape index (κ1) is 34.8. The number of halogens is 1. The molecular formula is C34H39FN2O10S. The van der Waals surface area contributed by atoms with Gasteiger partial charge in [-0.05, 0) is 42.8 Å². The number of rotatable bonds is 13. The maximum absolute atomic E-state index is 14.4. The molecule has 1 saturated heterocycles.